The van der Waals surface area contributed by atoms with Crippen LogP contribution in [0.2, 0.25) is 0 Å². The van der Waals surface area contributed by atoms with Gasteiger partial charge in [-0.15, -0.1) is 0 Å². The lowest BCUT2D eigenvalue weighted by Crippen LogP contribution is -2.10. The van der Waals surface area contributed by atoms with Crippen LogP contribution in [0.5, 0.6) is 0 Å². The smallest absolute Gasteiger partial charge is 0.339 e. The second-order valence-corrected chi connectivity index (χ2v) is 5.33. The number of carbonyl (C=O) groups excluding carboxylic acids is 1. The maximum atomic E-state index is 12.4. The van der Waals surface area contributed by atoms with Gasteiger partial charge in [0.1, 0.15) is 0 Å². The van der Waals surface area contributed by atoms with Gasteiger partial charge in [-0.3, -0.25) is 0 Å². The molecule has 0 spiro atoms. The summed E-state index contributed by atoms with van der Waals surface area (Å²) < 4.78 is 5.81. The van der Waals surface area contributed by atoms with Gasteiger partial charge in [0.15, 0.2) is 6.10 Å². The molecular formula is C20H14O2. The number of hydrogen-bond acceptors (Lipinski definition) is 2. The van der Waals surface area contributed by atoms with Crippen molar-refractivity contribution >= 4 is 5.97 Å². The average molecular weight is 286 g/mol. The van der Waals surface area contributed by atoms with Crippen LogP contribution in [0.3, 0.4) is 0 Å². The van der Waals surface area contributed by atoms with Crippen molar-refractivity contribution in [3.05, 3.63) is 95.6 Å². The summed E-state index contributed by atoms with van der Waals surface area (Å²) in [6.45, 7) is 0. The van der Waals surface area contributed by atoms with Crippen molar-refractivity contribution in [2.24, 2.45) is 0 Å². The molecule has 0 atom stereocenters. The van der Waals surface area contributed by atoms with E-state index in [9.17, 15) is 4.79 Å². The summed E-state index contributed by atoms with van der Waals surface area (Å²) in [5, 5.41) is 0. The number of ether oxygens (including phenoxy) is 1. The third-order valence-electron chi connectivity index (χ3n) is 4.01. The van der Waals surface area contributed by atoms with Gasteiger partial charge >= 0.3 is 5.97 Å². The first-order valence-electron chi connectivity index (χ1n) is 7.29. The topological polar surface area (TPSA) is 26.3 Å². The van der Waals surface area contributed by atoms with Crippen molar-refractivity contribution in [1.29, 1.82) is 0 Å². The lowest BCUT2D eigenvalue weighted by molar-refractivity contribution is 0.0386. The van der Waals surface area contributed by atoms with Crippen LogP contribution in [0.1, 0.15) is 27.6 Å². The summed E-state index contributed by atoms with van der Waals surface area (Å²) in [6, 6.07) is 25.3. The fraction of sp³-hybridized carbons (Fsp3) is 0.0500. The molecule has 2 heteroatoms. The minimum Gasteiger partial charge on any atom is -0.449 e. The normalized spacial score (nSPS) is 12.5. The van der Waals surface area contributed by atoms with Gasteiger partial charge in [0, 0.05) is 11.1 Å². The molecule has 1 aliphatic rings. The standard InChI is InChI=1S/C20H14O2/c21-20(14-8-2-1-3-9-14)22-19-17-12-6-4-10-15(17)16-11-5-7-13-18(16)19/h1-13,19H. The van der Waals surface area contributed by atoms with E-state index in [1.807, 2.05) is 54.6 Å². The predicted molar refractivity (Wildman–Crippen MR) is 85.6 cm³/mol. The molecule has 4 rings (SSSR count). The Morgan fingerprint density at radius 3 is 1.77 bits per heavy atom. The molecule has 0 N–H and O–H groups in total. The highest BCUT2D eigenvalue weighted by atomic mass is 16.5. The summed E-state index contributed by atoms with van der Waals surface area (Å²) in [5.74, 6) is -0.294. The molecule has 106 valence electrons. The lowest BCUT2D eigenvalue weighted by Gasteiger charge is -2.15. The second-order valence-electron chi connectivity index (χ2n) is 5.33. The fourth-order valence-electron chi connectivity index (χ4n) is 2.99. The number of benzene rings is 3. The number of fused-ring (bicyclic) bond motifs is 3. The van der Waals surface area contributed by atoms with E-state index in [0.29, 0.717) is 5.56 Å². The predicted octanol–water partition coefficient (Wildman–Crippen LogP) is 4.61. The molecule has 0 radical (unpaired) electrons. The molecule has 2 nitrogen and oxygen atoms in total. The zero-order chi connectivity index (χ0) is 14.9. The molecule has 0 heterocycles. The van der Waals surface area contributed by atoms with Crippen LogP contribution in [0.25, 0.3) is 11.1 Å². The summed E-state index contributed by atoms with van der Waals surface area (Å²) in [6.07, 6.45) is -0.333. The Morgan fingerprint density at radius 1 is 0.682 bits per heavy atom. The maximum Gasteiger partial charge on any atom is 0.339 e. The molecule has 0 fully saturated rings. The minimum absolute atomic E-state index is 0.294. The Balaban J connectivity index is 1.74. The molecule has 3 aromatic rings. The third kappa shape index (κ3) is 2.01. The van der Waals surface area contributed by atoms with Crippen LogP contribution in [0.15, 0.2) is 78.9 Å². The maximum absolute atomic E-state index is 12.4. The van der Waals surface area contributed by atoms with E-state index in [4.69, 9.17) is 4.74 Å². The van der Waals surface area contributed by atoms with Crippen molar-refractivity contribution in [2.75, 3.05) is 0 Å². The van der Waals surface area contributed by atoms with Crippen molar-refractivity contribution in [2.45, 2.75) is 6.10 Å². The highest BCUT2D eigenvalue weighted by Crippen LogP contribution is 2.45. The zero-order valence-electron chi connectivity index (χ0n) is 11.9. The van der Waals surface area contributed by atoms with Gasteiger partial charge in [0.2, 0.25) is 0 Å². The van der Waals surface area contributed by atoms with Gasteiger partial charge in [-0.05, 0) is 23.3 Å². The lowest BCUT2D eigenvalue weighted by atomic mass is 10.1. The largest absolute Gasteiger partial charge is 0.449 e. The van der Waals surface area contributed by atoms with E-state index in [1.165, 1.54) is 0 Å². The van der Waals surface area contributed by atoms with Gasteiger partial charge in [-0.1, -0.05) is 66.7 Å². The Hall–Kier alpha value is -2.87. The van der Waals surface area contributed by atoms with E-state index < -0.39 is 0 Å². The van der Waals surface area contributed by atoms with Gasteiger partial charge < -0.3 is 4.74 Å². The van der Waals surface area contributed by atoms with Crippen LogP contribution >= 0.6 is 0 Å². The third-order valence-corrected chi connectivity index (χ3v) is 4.01. The van der Waals surface area contributed by atoms with Gasteiger partial charge in [-0.2, -0.15) is 0 Å². The summed E-state index contributed by atoms with van der Waals surface area (Å²) in [5.41, 5.74) is 4.96. The monoisotopic (exact) mass is 286 g/mol. The quantitative estimate of drug-likeness (QED) is 0.643. The Morgan fingerprint density at radius 2 is 1.18 bits per heavy atom. The van der Waals surface area contributed by atoms with Gasteiger partial charge in [0.05, 0.1) is 5.56 Å². The summed E-state index contributed by atoms with van der Waals surface area (Å²) in [4.78, 5) is 12.4. The van der Waals surface area contributed by atoms with E-state index in [1.54, 1.807) is 12.1 Å². The molecule has 0 aliphatic heterocycles. The van der Waals surface area contributed by atoms with Gasteiger partial charge in [0.25, 0.3) is 0 Å². The fourth-order valence-corrected chi connectivity index (χ4v) is 2.99. The molecule has 1 aliphatic carbocycles. The van der Waals surface area contributed by atoms with Crippen LogP contribution in [0, 0.1) is 0 Å². The SMILES string of the molecule is O=C(OC1c2ccccc2-c2ccccc21)c1ccccc1. The first-order valence-corrected chi connectivity index (χ1v) is 7.29. The van der Waals surface area contributed by atoms with E-state index in [2.05, 4.69) is 12.1 Å². The number of carbonyl (C=O) groups is 1. The van der Waals surface area contributed by atoms with Crippen molar-refractivity contribution in [3.63, 3.8) is 0 Å². The van der Waals surface area contributed by atoms with Crippen LogP contribution in [-0.2, 0) is 4.74 Å². The average Bonchev–Trinajstić information content (AvgIpc) is 2.90. The number of esters is 1. The zero-order valence-corrected chi connectivity index (χ0v) is 11.9. The minimum atomic E-state index is -0.333. The van der Waals surface area contributed by atoms with Crippen molar-refractivity contribution in [1.82, 2.24) is 0 Å². The number of rotatable bonds is 2. The summed E-state index contributed by atoms with van der Waals surface area (Å²) in [7, 11) is 0. The highest BCUT2D eigenvalue weighted by molar-refractivity contribution is 5.90. The molecule has 22 heavy (non-hydrogen) atoms. The molecule has 3 aromatic carbocycles. The molecule has 0 amide bonds. The van der Waals surface area contributed by atoms with Crippen molar-refractivity contribution in [3.8, 4) is 11.1 Å². The first-order chi connectivity index (χ1) is 10.8. The molecule has 0 bridgehead atoms. The highest BCUT2D eigenvalue weighted by Gasteiger charge is 2.31. The Kier molecular flexibility index (Phi) is 3.01. The van der Waals surface area contributed by atoms with Gasteiger partial charge in [-0.25, -0.2) is 4.79 Å². The summed E-state index contributed by atoms with van der Waals surface area (Å²) >= 11 is 0. The van der Waals surface area contributed by atoms with Crippen LogP contribution in [0.4, 0.5) is 0 Å². The van der Waals surface area contributed by atoms with Crippen LogP contribution < -0.4 is 0 Å². The van der Waals surface area contributed by atoms with Crippen LogP contribution in [-0.4, -0.2) is 5.97 Å². The van der Waals surface area contributed by atoms with Crippen molar-refractivity contribution < 1.29 is 9.53 Å². The molecule has 0 aromatic heterocycles. The second kappa shape index (κ2) is 5.15. The first kappa shape index (κ1) is 12.8. The van der Waals surface area contributed by atoms with E-state index in [-0.39, 0.29) is 12.1 Å². The van der Waals surface area contributed by atoms with E-state index in [0.717, 1.165) is 22.3 Å². The Labute approximate surface area is 129 Å². The number of hydrogen-bond donors (Lipinski definition) is 0. The molecule has 0 unspecified atom stereocenters. The molecule has 0 saturated carbocycles. The van der Waals surface area contributed by atoms with E-state index >= 15 is 0 Å². The molecular weight excluding hydrogens is 272 g/mol. The Bertz CT molecular complexity index is 792. The molecule has 0 saturated heterocycles.